The van der Waals surface area contributed by atoms with Crippen LogP contribution in [0.25, 0.3) is 22.3 Å². The van der Waals surface area contributed by atoms with E-state index in [1.54, 1.807) is 37.3 Å². The van der Waals surface area contributed by atoms with E-state index < -0.39 is 0 Å². The number of benzene rings is 2. The molecule has 0 aliphatic heterocycles. The second-order valence-corrected chi connectivity index (χ2v) is 4.40. The fraction of sp³-hybridized carbons (Fsp3) is 0.0667. The number of fused-ring (bicyclic) bond motifs is 1. The first-order valence-corrected chi connectivity index (χ1v) is 5.91. The number of nitrogens with zero attached hydrogens (tertiary/aromatic N) is 1. The lowest BCUT2D eigenvalue weighted by Gasteiger charge is -2.04. The van der Waals surface area contributed by atoms with Gasteiger partial charge in [0.15, 0.2) is 0 Å². The van der Waals surface area contributed by atoms with E-state index in [9.17, 15) is 9.18 Å². The lowest BCUT2D eigenvalue weighted by atomic mass is 10.1. The molecule has 3 rings (SSSR count). The van der Waals surface area contributed by atoms with Crippen molar-refractivity contribution in [1.29, 1.82) is 0 Å². The van der Waals surface area contributed by atoms with Crippen molar-refractivity contribution in [3.63, 3.8) is 0 Å². The minimum absolute atomic E-state index is 0.221. The number of rotatable bonds is 1. The smallest absolute Gasteiger partial charge is 0.259 e. The maximum atomic E-state index is 13.6. The van der Waals surface area contributed by atoms with Crippen LogP contribution in [0.1, 0.15) is 5.56 Å². The number of aryl methyl sites for hydroxylation is 1. The molecule has 1 heterocycles. The lowest BCUT2D eigenvalue weighted by molar-refractivity contribution is 0.619. The van der Waals surface area contributed by atoms with Crippen molar-refractivity contribution in [2.24, 2.45) is 0 Å². The minimum atomic E-state index is -0.312. The molecule has 1 N–H and O–H groups in total. The highest BCUT2D eigenvalue weighted by Gasteiger charge is 2.07. The molecule has 4 heteroatoms. The molecule has 19 heavy (non-hydrogen) atoms. The molecule has 0 aliphatic carbocycles. The quantitative estimate of drug-likeness (QED) is 0.725. The highest BCUT2D eigenvalue weighted by molar-refractivity contribution is 5.79. The number of aromatic amines is 1. The van der Waals surface area contributed by atoms with Gasteiger partial charge in [-0.1, -0.05) is 24.3 Å². The van der Waals surface area contributed by atoms with Gasteiger partial charge < -0.3 is 4.98 Å². The number of nitrogens with one attached hydrogen (secondary N) is 1. The van der Waals surface area contributed by atoms with Crippen LogP contribution < -0.4 is 5.56 Å². The fourth-order valence-corrected chi connectivity index (χ4v) is 1.96. The molecule has 0 unspecified atom stereocenters. The lowest BCUT2D eigenvalue weighted by Crippen LogP contribution is -2.09. The second kappa shape index (κ2) is 4.31. The molecule has 0 saturated carbocycles. The first-order valence-electron chi connectivity index (χ1n) is 5.91. The van der Waals surface area contributed by atoms with E-state index in [4.69, 9.17) is 0 Å². The van der Waals surface area contributed by atoms with Crippen LogP contribution in [0.3, 0.4) is 0 Å². The number of halogens is 1. The van der Waals surface area contributed by atoms with Gasteiger partial charge in [-0.25, -0.2) is 9.37 Å². The molecular formula is C15H11FN2O. The molecule has 0 amide bonds. The van der Waals surface area contributed by atoms with Crippen molar-refractivity contribution in [2.45, 2.75) is 6.92 Å². The highest BCUT2D eigenvalue weighted by atomic mass is 19.1. The van der Waals surface area contributed by atoms with Gasteiger partial charge in [0.05, 0.1) is 10.9 Å². The zero-order chi connectivity index (χ0) is 13.4. The number of hydrogen-bond donors (Lipinski definition) is 1. The Morgan fingerprint density at radius 2 is 1.95 bits per heavy atom. The molecule has 0 bridgehead atoms. The van der Waals surface area contributed by atoms with Gasteiger partial charge in [0.25, 0.3) is 5.56 Å². The molecule has 94 valence electrons. The molecule has 0 aliphatic rings. The van der Waals surface area contributed by atoms with Crippen LogP contribution >= 0.6 is 0 Å². The summed E-state index contributed by atoms with van der Waals surface area (Å²) in [6.45, 7) is 1.69. The molecule has 0 spiro atoms. The summed E-state index contributed by atoms with van der Waals surface area (Å²) in [4.78, 5) is 19.0. The standard InChI is InChI=1S/C15H11FN2O/c1-9-6-7-10(8-12(9)16)14-17-13-5-3-2-4-11(13)15(19)18-14/h2-8H,1H3,(H,17,18,19). The number of hydrogen-bond acceptors (Lipinski definition) is 2. The predicted molar refractivity (Wildman–Crippen MR) is 72.5 cm³/mol. The van der Waals surface area contributed by atoms with E-state index in [-0.39, 0.29) is 11.4 Å². The minimum Gasteiger partial charge on any atom is -0.306 e. The average molecular weight is 254 g/mol. The van der Waals surface area contributed by atoms with Gasteiger partial charge >= 0.3 is 0 Å². The maximum Gasteiger partial charge on any atom is 0.259 e. The monoisotopic (exact) mass is 254 g/mol. The third kappa shape index (κ3) is 2.01. The topological polar surface area (TPSA) is 45.8 Å². The summed E-state index contributed by atoms with van der Waals surface area (Å²) >= 11 is 0. The Morgan fingerprint density at radius 3 is 2.74 bits per heavy atom. The Labute approximate surface area is 108 Å². The van der Waals surface area contributed by atoms with Crippen molar-refractivity contribution < 1.29 is 4.39 Å². The molecular weight excluding hydrogens is 243 g/mol. The Kier molecular flexibility index (Phi) is 2.63. The molecule has 3 aromatic rings. The van der Waals surface area contributed by atoms with E-state index in [0.29, 0.717) is 27.9 Å². The van der Waals surface area contributed by atoms with Crippen LogP contribution in [0.2, 0.25) is 0 Å². The molecule has 0 radical (unpaired) electrons. The van der Waals surface area contributed by atoms with E-state index >= 15 is 0 Å². The van der Waals surface area contributed by atoms with E-state index in [0.717, 1.165) is 0 Å². The normalized spacial score (nSPS) is 10.8. The van der Waals surface area contributed by atoms with Crippen LogP contribution in [0, 0.1) is 12.7 Å². The van der Waals surface area contributed by atoms with Gasteiger partial charge in [0, 0.05) is 5.56 Å². The van der Waals surface area contributed by atoms with Crippen molar-refractivity contribution in [3.05, 3.63) is 64.2 Å². The highest BCUT2D eigenvalue weighted by Crippen LogP contribution is 2.19. The van der Waals surface area contributed by atoms with Crippen molar-refractivity contribution in [2.75, 3.05) is 0 Å². The maximum absolute atomic E-state index is 13.6. The first-order chi connectivity index (χ1) is 9.15. The van der Waals surface area contributed by atoms with Crippen molar-refractivity contribution in [1.82, 2.24) is 9.97 Å². The van der Waals surface area contributed by atoms with Crippen molar-refractivity contribution in [3.8, 4) is 11.4 Å². The van der Waals surface area contributed by atoms with E-state index in [1.807, 2.05) is 6.07 Å². The summed E-state index contributed by atoms with van der Waals surface area (Å²) in [6.07, 6.45) is 0. The largest absolute Gasteiger partial charge is 0.306 e. The summed E-state index contributed by atoms with van der Waals surface area (Å²) < 4.78 is 13.6. The molecule has 0 saturated heterocycles. The summed E-state index contributed by atoms with van der Waals surface area (Å²) in [6, 6.07) is 11.9. The van der Waals surface area contributed by atoms with Crippen LogP contribution in [-0.2, 0) is 0 Å². The van der Waals surface area contributed by atoms with Gasteiger partial charge in [0.2, 0.25) is 0 Å². The molecule has 0 atom stereocenters. The Balaban J connectivity index is 2.25. The van der Waals surface area contributed by atoms with Crippen molar-refractivity contribution >= 4 is 10.9 Å². The Morgan fingerprint density at radius 1 is 1.16 bits per heavy atom. The first kappa shape index (κ1) is 11.6. The third-order valence-electron chi connectivity index (χ3n) is 3.06. The molecule has 1 aromatic heterocycles. The van der Waals surface area contributed by atoms with E-state index in [1.165, 1.54) is 6.07 Å². The summed E-state index contributed by atoms with van der Waals surface area (Å²) in [7, 11) is 0. The van der Waals surface area contributed by atoms with Crippen LogP contribution in [0.5, 0.6) is 0 Å². The van der Waals surface area contributed by atoms with Gasteiger partial charge in [-0.15, -0.1) is 0 Å². The van der Waals surface area contributed by atoms with Gasteiger partial charge in [0.1, 0.15) is 11.6 Å². The van der Waals surface area contributed by atoms with E-state index in [2.05, 4.69) is 9.97 Å². The number of H-pyrrole nitrogens is 1. The summed E-state index contributed by atoms with van der Waals surface area (Å²) in [5, 5.41) is 0.527. The average Bonchev–Trinajstić information content (AvgIpc) is 2.42. The number of aromatic nitrogens is 2. The molecule has 0 fully saturated rings. The fourth-order valence-electron chi connectivity index (χ4n) is 1.96. The van der Waals surface area contributed by atoms with Crippen LogP contribution in [0.15, 0.2) is 47.3 Å². The predicted octanol–water partition coefficient (Wildman–Crippen LogP) is 3.04. The Bertz CT molecular complexity index is 824. The van der Waals surface area contributed by atoms with Gasteiger partial charge in [-0.05, 0) is 30.7 Å². The van der Waals surface area contributed by atoms with Gasteiger partial charge in [-0.3, -0.25) is 4.79 Å². The van der Waals surface area contributed by atoms with Crippen LogP contribution in [0.4, 0.5) is 4.39 Å². The molecule has 3 nitrogen and oxygen atoms in total. The number of para-hydroxylation sites is 1. The Hall–Kier alpha value is -2.49. The molecule has 2 aromatic carbocycles. The third-order valence-corrected chi connectivity index (χ3v) is 3.06. The zero-order valence-electron chi connectivity index (χ0n) is 10.3. The summed E-state index contributed by atoms with van der Waals surface area (Å²) in [5.74, 6) is 0.0657. The van der Waals surface area contributed by atoms with Crippen LogP contribution in [-0.4, -0.2) is 9.97 Å². The zero-order valence-corrected chi connectivity index (χ0v) is 10.3. The summed E-state index contributed by atoms with van der Waals surface area (Å²) in [5.41, 5.74) is 1.50. The SMILES string of the molecule is Cc1ccc(-c2nc3ccccc3c(=O)[nH]2)cc1F. The van der Waals surface area contributed by atoms with Gasteiger partial charge in [-0.2, -0.15) is 0 Å². The second-order valence-electron chi connectivity index (χ2n) is 4.40.